The van der Waals surface area contributed by atoms with E-state index in [1.165, 1.54) is 11.3 Å². The molecule has 2 aliphatic rings. The van der Waals surface area contributed by atoms with Crippen LogP contribution >= 0.6 is 0 Å². The van der Waals surface area contributed by atoms with Crippen LogP contribution < -0.4 is 5.32 Å². The fraction of sp³-hybridized carbons (Fsp3) is 1.00. The van der Waals surface area contributed by atoms with Crippen molar-refractivity contribution in [2.24, 2.45) is 0 Å². The topological polar surface area (TPSA) is 24.5 Å². The summed E-state index contributed by atoms with van der Waals surface area (Å²) in [5.74, 6) is 0. The monoisotopic (exact) mass is 280 g/mol. The number of likely N-dealkylation sites (tertiary alicyclic amines) is 1. The van der Waals surface area contributed by atoms with Crippen molar-refractivity contribution in [3.05, 3.63) is 0 Å². The Balaban J connectivity index is 1.66. The Bertz CT molecular complexity index is 279. The molecule has 1 aliphatic carbocycles. The van der Waals surface area contributed by atoms with Gasteiger partial charge in [-0.2, -0.15) is 13.2 Å². The molecule has 0 radical (unpaired) electrons. The lowest BCUT2D eigenvalue weighted by Gasteiger charge is -2.42. The Labute approximate surface area is 112 Å². The maximum Gasteiger partial charge on any atom is 0.401 e. The van der Waals surface area contributed by atoms with Crippen LogP contribution in [0.5, 0.6) is 0 Å². The molecule has 1 aliphatic heterocycles. The minimum atomic E-state index is -4.08. The van der Waals surface area contributed by atoms with E-state index < -0.39 is 12.7 Å². The van der Waals surface area contributed by atoms with E-state index in [1.54, 1.807) is 7.11 Å². The maximum absolute atomic E-state index is 12.3. The van der Waals surface area contributed by atoms with E-state index in [0.29, 0.717) is 19.1 Å². The van der Waals surface area contributed by atoms with Gasteiger partial charge in [-0.05, 0) is 45.2 Å². The fourth-order valence-corrected chi connectivity index (χ4v) is 2.90. The van der Waals surface area contributed by atoms with Crippen LogP contribution in [-0.2, 0) is 4.74 Å². The van der Waals surface area contributed by atoms with Gasteiger partial charge in [0.15, 0.2) is 0 Å². The Morgan fingerprint density at radius 1 is 1.26 bits per heavy atom. The van der Waals surface area contributed by atoms with Gasteiger partial charge >= 0.3 is 6.18 Å². The van der Waals surface area contributed by atoms with Crippen LogP contribution in [0.4, 0.5) is 13.2 Å². The molecule has 0 aromatic rings. The number of alkyl halides is 3. The van der Waals surface area contributed by atoms with Gasteiger partial charge < -0.3 is 10.1 Å². The van der Waals surface area contributed by atoms with Crippen molar-refractivity contribution in [3.63, 3.8) is 0 Å². The Morgan fingerprint density at radius 2 is 1.89 bits per heavy atom. The summed E-state index contributed by atoms with van der Waals surface area (Å²) in [4.78, 5) is 1.49. The molecule has 0 unspecified atom stereocenters. The zero-order valence-electron chi connectivity index (χ0n) is 11.4. The number of hydrogen-bond donors (Lipinski definition) is 1. The minimum absolute atomic E-state index is 0.0108. The largest absolute Gasteiger partial charge is 0.401 e. The van der Waals surface area contributed by atoms with Crippen molar-refractivity contribution in [3.8, 4) is 0 Å². The predicted molar refractivity (Wildman–Crippen MR) is 67.1 cm³/mol. The van der Waals surface area contributed by atoms with E-state index in [-0.39, 0.29) is 5.60 Å². The molecular formula is C13H23F3N2O. The normalized spacial score (nSPS) is 25.3. The van der Waals surface area contributed by atoms with Gasteiger partial charge in [0, 0.05) is 19.7 Å². The van der Waals surface area contributed by atoms with Gasteiger partial charge in [0.1, 0.15) is 0 Å². The highest BCUT2D eigenvalue weighted by atomic mass is 19.4. The quantitative estimate of drug-likeness (QED) is 0.835. The van der Waals surface area contributed by atoms with Gasteiger partial charge in [-0.1, -0.05) is 0 Å². The van der Waals surface area contributed by atoms with Gasteiger partial charge in [0.05, 0.1) is 12.1 Å². The summed E-state index contributed by atoms with van der Waals surface area (Å²) in [5.41, 5.74) is -0.0108. The molecule has 1 saturated carbocycles. The van der Waals surface area contributed by atoms with Crippen LogP contribution in [0.25, 0.3) is 0 Å². The first-order valence-electron chi connectivity index (χ1n) is 7.00. The van der Waals surface area contributed by atoms with Crippen molar-refractivity contribution in [2.75, 3.05) is 33.3 Å². The lowest BCUT2D eigenvalue weighted by atomic mass is 9.79. The molecule has 19 heavy (non-hydrogen) atoms. The van der Waals surface area contributed by atoms with E-state index in [0.717, 1.165) is 32.2 Å². The van der Waals surface area contributed by atoms with Crippen molar-refractivity contribution in [2.45, 2.75) is 49.9 Å². The second kappa shape index (κ2) is 5.97. The lowest BCUT2D eigenvalue weighted by Crippen LogP contribution is -2.52. The third kappa shape index (κ3) is 4.33. The number of nitrogens with one attached hydrogen (secondary N) is 1. The second-order valence-corrected chi connectivity index (χ2v) is 5.79. The zero-order chi connectivity index (χ0) is 13.9. The summed E-state index contributed by atoms with van der Waals surface area (Å²) in [5, 5.41) is 3.47. The van der Waals surface area contributed by atoms with Gasteiger partial charge in [-0.25, -0.2) is 0 Å². The molecule has 112 valence electrons. The van der Waals surface area contributed by atoms with Crippen LogP contribution in [0, 0.1) is 0 Å². The molecule has 1 N–H and O–H groups in total. The molecule has 3 nitrogen and oxygen atoms in total. The first-order valence-corrected chi connectivity index (χ1v) is 7.00. The summed E-state index contributed by atoms with van der Waals surface area (Å²) >= 11 is 0. The van der Waals surface area contributed by atoms with Gasteiger partial charge in [-0.15, -0.1) is 0 Å². The minimum Gasteiger partial charge on any atom is -0.377 e. The Kier molecular flexibility index (Phi) is 4.74. The number of nitrogens with zero attached hydrogens (tertiary/aromatic N) is 1. The SMILES string of the molecule is COC1(CNC2CCN(CC(F)(F)F)CC2)CCC1. The molecule has 2 rings (SSSR count). The third-order valence-corrected chi connectivity index (χ3v) is 4.40. The van der Waals surface area contributed by atoms with Crippen LogP contribution in [0.15, 0.2) is 0 Å². The van der Waals surface area contributed by atoms with Gasteiger partial charge in [-0.3, -0.25) is 4.90 Å². The molecule has 2 fully saturated rings. The number of hydrogen-bond acceptors (Lipinski definition) is 3. The molecule has 0 aromatic heterocycles. The average Bonchev–Trinajstić information content (AvgIpc) is 2.28. The van der Waals surface area contributed by atoms with E-state index in [2.05, 4.69) is 5.32 Å². The number of rotatable bonds is 5. The molecule has 0 spiro atoms. The van der Waals surface area contributed by atoms with Crippen molar-refractivity contribution in [1.82, 2.24) is 10.2 Å². The molecule has 0 bridgehead atoms. The first-order chi connectivity index (χ1) is 8.92. The van der Waals surface area contributed by atoms with E-state index >= 15 is 0 Å². The van der Waals surface area contributed by atoms with E-state index in [1.807, 2.05) is 0 Å². The molecule has 1 heterocycles. The van der Waals surface area contributed by atoms with Gasteiger partial charge in [0.25, 0.3) is 0 Å². The van der Waals surface area contributed by atoms with Crippen LogP contribution in [-0.4, -0.2) is 56.0 Å². The molecule has 0 atom stereocenters. The van der Waals surface area contributed by atoms with Crippen molar-refractivity contribution < 1.29 is 17.9 Å². The second-order valence-electron chi connectivity index (χ2n) is 5.79. The summed E-state index contributed by atoms with van der Waals surface area (Å²) in [6, 6.07) is 0.331. The summed E-state index contributed by atoms with van der Waals surface area (Å²) in [6.45, 7) is 1.10. The highest BCUT2D eigenvalue weighted by Crippen LogP contribution is 2.34. The van der Waals surface area contributed by atoms with Crippen molar-refractivity contribution in [1.29, 1.82) is 0 Å². The lowest BCUT2D eigenvalue weighted by molar-refractivity contribution is -0.148. The highest BCUT2D eigenvalue weighted by Gasteiger charge is 2.38. The average molecular weight is 280 g/mol. The third-order valence-electron chi connectivity index (χ3n) is 4.40. The number of piperidine rings is 1. The summed E-state index contributed by atoms with van der Waals surface area (Å²) < 4.78 is 42.3. The number of ether oxygens (including phenoxy) is 1. The number of methoxy groups -OCH3 is 1. The first kappa shape index (κ1) is 15.1. The Morgan fingerprint density at radius 3 is 2.32 bits per heavy atom. The number of halogens is 3. The zero-order valence-corrected chi connectivity index (χ0v) is 11.4. The Hall–Kier alpha value is -0.330. The fourth-order valence-electron chi connectivity index (χ4n) is 2.90. The molecule has 0 aromatic carbocycles. The van der Waals surface area contributed by atoms with Crippen LogP contribution in [0.3, 0.4) is 0 Å². The van der Waals surface area contributed by atoms with Gasteiger partial charge in [0.2, 0.25) is 0 Å². The highest BCUT2D eigenvalue weighted by molar-refractivity contribution is 4.93. The van der Waals surface area contributed by atoms with E-state index in [9.17, 15) is 13.2 Å². The van der Waals surface area contributed by atoms with Crippen molar-refractivity contribution >= 4 is 0 Å². The molecule has 6 heteroatoms. The summed E-state index contributed by atoms with van der Waals surface area (Å²) in [6.07, 6.45) is 0.879. The maximum atomic E-state index is 12.3. The standard InChI is InChI=1S/C13H23F3N2O/c1-19-12(5-2-6-12)9-17-11-3-7-18(8-4-11)10-13(14,15)16/h11,17H,2-10H2,1H3. The van der Waals surface area contributed by atoms with Crippen LogP contribution in [0.2, 0.25) is 0 Å². The predicted octanol–water partition coefficient (Wildman–Crippen LogP) is 2.17. The molecule has 0 amide bonds. The smallest absolute Gasteiger partial charge is 0.377 e. The molecular weight excluding hydrogens is 257 g/mol. The van der Waals surface area contributed by atoms with E-state index in [4.69, 9.17) is 4.74 Å². The summed E-state index contributed by atoms with van der Waals surface area (Å²) in [7, 11) is 1.74. The molecule has 1 saturated heterocycles. The van der Waals surface area contributed by atoms with Crippen LogP contribution in [0.1, 0.15) is 32.1 Å².